The van der Waals surface area contributed by atoms with Crippen molar-refractivity contribution in [3.05, 3.63) is 71.0 Å². The minimum atomic E-state index is -0.730. The van der Waals surface area contributed by atoms with Gasteiger partial charge >= 0.3 is 0 Å². The van der Waals surface area contributed by atoms with Crippen LogP contribution in [0.25, 0.3) is 0 Å². The minimum Gasteiger partial charge on any atom is -0.347 e. The molecule has 5 heteroatoms. The molecule has 4 nitrogen and oxygen atoms in total. The predicted octanol–water partition coefficient (Wildman–Crippen LogP) is 3.77. The van der Waals surface area contributed by atoms with Gasteiger partial charge in [-0.1, -0.05) is 50.2 Å². The lowest BCUT2D eigenvalue weighted by Crippen LogP contribution is -2.50. The molecule has 0 aliphatic heterocycles. The largest absolute Gasteiger partial charge is 0.347 e. The molecule has 0 heterocycles. The molecule has 27 heavy (non-hydrogen) atoms. The van der Waals surface area contributed by atoms with Crippen LogP contribution >= 0.6 is 0 Å². The van der Waals surface area contributed by atoms with E-state index in [1.54, 1.807) is 6.07 Å². The monoisotopic (exact) mass is 368 g/mol. The van der Waals surface area contributed by atoms with E-state index < -0.39 is 17.8 Å². The number of amides is 2. The molecule has 2 N–H and O–H groups in total. The number of rotatable bonds is 5. The number of carbonyl (C=O) groups excluding carboxylic acids is 2. The Kier molecular flexibility index (Phi) is 5.89. The van der Waals surface area contributed by atoms with Gasteiger partial charge in [0.25, 0.3) is 5.91 Å². The van der Waals surface area contributed by atoms with E-state index in [-0.39, 0.29) is 23.4 Å². The van der Waals surface area contributed by atoms with Gasteiger partial charge < -0.3 is 10.6 Å². The molecule has 3 rings (SSSR count). The fraction of sp³-hybridized carbons (Fsp3) is 0.364. The Bertz CT molecular complexity index is 835. The average molecular weight is 368 g/mol. The van der Waals surface area contributed by atoms with Crippen LogP contribution in [0.2, 0.25) is 0 Å². The first-order valence-electron chi connectivity index (χ1n) is 9.41. The summed E-state index contributed by atoms with van der Waals surface area (Å²) in [6.07, 6.45) is 2.89. The zero-order chi connectivity index (χ0) is 19.4. The quantitative estimate of drug-likeness (QED) is 0.844. The van der Waals surface area contributed by atoms with Gasteiger partial charge in [-0.15, -0.1) is 0 Å². The maximum Gasteiger partial charge on any atom is 0.254 e. The highest BCUT2D eigenvalue weighted by molar-refractivity contribution is 5.97. The van der Waals surface area contributed by atoms with Crippen LogP contribution in [0.3, 0.4) is 0 Å². The Morgan fingerprint density at radius 1 is 1.07 bits per heavy atom. The van der Waals surface area contributed by atoms with Crippen molar-refractivity contribution in [1.29, 1.82) is 0 Å². The lowest BCUT2D eigenvalue weighted by molar-refractivity contribution is -0.124. The van der Waals surface area contributed by atoms with Crippen molar-refractivity contribution >= 4 is 11.8 Å². The molecule has 0 aromatic heterocycles. The summed E-state index contributed by atoms with van der Waals surface area (Å²) in [7, 11) is 0. The van der Waals surface area contributed by atoms with Crippen LogP contribution < -0.4 is 10.6 Å². The Hall–Kier alpha value is -2.69. The number of nitrogens with one attached hydrogen (secondary N) is 2. The molecule has 0 saturated carbocycles. The third-order valence-electron chi connectivity index (χ3n) is 5.04. The minimum absolute atomic E-state index is 0.0565. The summed E-state index contributed by atoms with van der Waals surface area (Å²) in [6, 6.07) is 13.1. The van der Waals surface area contributed by atoms with Crippen molar-refractivity contribution in [1.82, 2.24) is 10.6 Å². The van der Waals surface area contributed by atoms with Crippen LogP contribution in [-0.2, 0) is 11.2 Å². The number of halogens is 1. The molecule has 0 spiro atoms. The van der Waals surface area contributed by atoms with Crippen molar-refractivity contribution in [2.45, 2.75) is 45.2 Å². The van der Waals surface area contributed by atoms with Crippen LogP contribution in [0.1, 0.15) is 54.2 Å². The normalized spacial score (nSPS) is 17.1. The molecule has 142 valence electrons. The molecular formula is C22H25FN2O2. The first-order valence-corrected chi connectivity index (χ1v) is 9.41. The van der Waals surface area contributed by atoms with Crippen molar-refractivity contribution in [3.63, 3.8) is 0 Å². The average Bonchev–Trinajstić information content (AvgIpc) is 2.66. The zero-order valence-corrected chi connectivity index (χ0v) is 15.7. The molecule has 2 amide bonds. The van der Waals surface area contributed by atoms with Crippen molar-refractivity contribution in [2.24, 2.45) is 5.92 Å². The first-order chi connectivity index (χ1) is 13.0. The van der Waals surface area contributed by atoms with E-state index >= 15 is 0 Å². The van der Waals surface area contributed by atoms with E-state index in [2.05, 4.69) is 16.7 Å². The molecule has 2 aromatic rings. The molecule has 1 unspecified atom stereocenters. The lowest BCUT2D eigenvalue weighted by Gasteiger charge is -2.29. The highest BCUT2D eigenvalue weighted by Crippen LogP contribution is 2.29. The standard InChI is InChI=1S/C22H25FN2O2/c1-14(2)20(25-21(26)17-11-5-6-12-18(17)23)22(27)24-19-13-7-9-15-8-3-4-10-16(15)19/h3-6,8,10-12,14,19-20H,7,9,13H2,1-2H3,(H,24,27)(H,25,26)/t19?,20-/m0/s1. The van der Waals surface area contributed by atoms with Gasteiger partial charge in [-0.2, -0.15) is 0 Å². The Balaban J connectivity index is 1.73. The van der Waals surface area contributed by atoms with Crippen LogP contribution in [0, 0.1) is 11.7 Å². The molecule has 0 fully saturated rings. The van der Waals surface area contributed by atoms with Crippen LogP contribution in [0.15, 0.2) is 48.5 Å². The molecular weight excluding hydrogens is 343 g/mol. The van der Waals surface area contributed by atoms with Gasteiger partial charge in [0.15, 0.2) is 0 Å². The van der Waals surface area contributed by atoms with Gasteiger partial charge in [-0.3, -0.25) is 9.59 Å². The number of aryl methyl sites for hydroxylation is 1. The second kappa shape index (κ2) is 8.33. The second-order valence-corrected chi connectivity index (χ2v) is 7.33. The van der Waals surface area contributed by atoms with Crippen molar-refractivity contribution in [3.8, 4) is 0 Å². The van der Waals surface area contributed by atoms with E-state index in [9.17, 15) is 14.0 Å². The summed E-state index contributed by atoms with van der Waals surface area (Å²) in [4.78, 5) is 25.3. The third kappa shape index (κ3) is 4.35. The van der Waals surface area contributed by atoms with Gasteiger partial charge in [0.2, 0.25) is 5.91 Å². The summed E-state index contributed by atoms with van der Waals surface area (Å²) >= 11 is 0. The van der Waals surface area contributed by atoms with Crippen molar-refractivity contribution in [2.75, 3.05) is 0 Å². The molecule has 0 saturated heterocycles. The highest BCUT2D eigenvalue weighted by atomic mass is 19.1. The molecule has 0 radical (unpaired) electrons. The van der Waals surface area contributed by atoms with E-state index in [1.807, 2.05) is 32.0 Å². The van der Waals surface area contributed by atoms with Crippen molar-refractivity contribution < 1.29 is 14.0 Å². The van der Waals surface area contributed by atoms with E-state index in [0.29, 0.717) is 0 Å². The number of benzene rings is 2. The summed E-state index contributed by atoms with van der Waals surface area (Å²) in [5.74, 6) is -1.54. The fourth-order valence-electron chi connectivity index (χ4n) is 3.56. The first kappa shape index (κ1) is 19.1. The SMILES string of the molecule is CC(C)[C@H](NC(=O)c1ccccc1F)C(=O)NC1CCCc2ccccc21. The number of fused-ring (bicyclic) bond motifs is 1. The van der Waals surface area contributed by atoms with E-state index in [1.165, 1.54) is 23.8 Å². The highest BCUT2D eigenvalue weighted by Gasteiger charge is 2.29. The zero-order valence-electron chi connectivity index (χ0n) is 15.7. The Labute approximate surface area is 159 Å². The topological polar surface area (TPSA) is 58.2 Å². The Morgan fingerprint density at radius 2 is 1.78 bits per heavy atom. The predicted molar refractivity (Wildman–Crippen MR) is 103 cm³/mol. The maximum atomic E-state index is 13.9. The van der Waals surface area contributed by atoms with E-state index in [4.69, 9.17) is 0 Å². The number of hydrogen-bond acceptors (Lipinski definition) is 2. The molecule has 1 aliphatic carbocycles. The van der Waals surface area contributed by atoms with Gasteiger partial charge in [0.1, 0.15) is 11.9 Å². The van der Waals surface area contributed by atoms with Crippen LogP contribution in [0.4, 0.5) is 4.39 Å². The smallest absolute Gasteiger partial charge is 0.254 e. The molecule has 2 atom stereocenters. The van der Waals surface area contributed by atoms with Gasteiger partial charge in [-0.05, 0) is 48.4 Å². The van der Waals surface area contributed by atoms with Gasteiger partial charge in [-0.25, -0.2) is 4.39 Å². The molecule has 0 bridgehead atoms. The number of carbonyl (C=O) groups is 2. The number of hydrogen-bond donors (Lipinski definition) is 2. The summed E-state index contributed by atoms with van der Waals surface area (Å²) < 4.78 is 13.9. The van der Waals surface area contributed by atoms with Gasteiger partial charge in [0.05, 0.1) is 11.6 Å². The van der Waals surface area contributed by atoms with Crippen LogP contribution in [0.5, 0.6) is 0 Å². The summed E-state index contributed by atoms with van der Waals surface area (Å²) in [6.45, 7) is 3.72. The Morgan fingerprint density at radius 3 is 2.52 bits per heavy atom. The molecule has 1 aliphatic rings. The summed E-state index contributed by atoms with van der Waals surface area (Å²) in [5, 5.41) is 5.78. The maximum absolute atomic E-state index is 13.9. The summed E-state index contributed by atoms with van der Waals surface area (Å²) in [5.41, 5.74) is 2.34. The molecule has 2 aromatic carbocycles. The van der Waals surface area contributed by atoms with E-state index in [0.717, 1.165) is 24.8 Å². The third-order valence-corrected chi connectivity index (χ3v) is 5.04. The van der Waals surface area contributed by atoms with Crippen LogP contribution in [-0.4, -0.2) is 17.9 Å². The van der Waals surface area contributed by atoms with Gasteiger partial charge in [0, 0.05) is 0 Å². The second-order valence-electron chi connectivity index (χ2n) is 7.33. The lowest BCUT2D eigenvalue weighted by atomic mass is 9.87. The fourth-order valence-corrected chi connectivity index (χ4v) is 3.56.